The van der Waals surface area contributed by atoms with E-state index in [1.54, 1.807) is 0 Å². The van der Waals surface area contributed by atoms with Crippen LogP contribution >= 0.6 is 0 Å². The lowest BCUT2D eigenvalue weighted by Gasteiger charge is -2.37. The number of nitrogens with zero attached hydrogens (tertiary/aromatic N) is 3. The second-order valence-electron chi connectivity index (χ2n) is 7.12. The number of fused-ring (bicyclic) bond motifs is 1. The fourth-order valence-electron chi connectivity index (χ4n) is 3.83. The van der Waals surface area contributed by atoms with Crippen molar-refractivity contribution in [1.29, 1.82) is 5.26 Å². The molecule has 4 rings (SSSR count). The van der Waals surface area contributed by atoms with Gasteiger partial charge in [-0.25, -0.2) is 9.38 Å². The summed E-state index contributed by atoms with van der Waals surface area (Å²) in [6.07, 6.45) is 6.72. The molecule has 2 aliphatic rings. The maximum atomic E-state index is 14.9. The molecule has 1 aromatic heterocycles. The molecule has 2 aromatic rings. The predicted molar refractivity (Wildman–Crippen MR) is 105 cm³/mol. The van der Waals surface area contributed by atoms with Gasteiger partial charge in [0.15, 0.2) is 11.3 Å². The van der Waals surface area contributed by atoms with Crippen molar-refractivity contribution >= 4 is 11.8 Å². The number of nitrogens with two attached hydrogens (primary N) is 1. The Morgan fingerprint density at radius 1 is 1.37 bits per heavy atom. The summed E-state index contributed by atoms with van der Waals surface area (Å²) in [5, 5.41) is 8.85. The van der Waals surface area contributed by atoms with Gasteiger partial charge in [0, 0.05) is 18.2 Å². The molecule has 150 valence electrons. The fourth-order valence-corrected chi connectivity index (χ4v) is 3.83. The summed E-state index contributed by atoms with van der Waals surface area (Å²) in [6.45, 7) is 0.540. The minimum absolute atomic E-state index is 0.0207. The lowest BCUT2D eigenvalue weighted by Crippen LogP contribution is -2.48. The van der Waals surface area contributed by atoms with Gasteiger partial charge in [-0.15, -0.1) is 6.42 Å². The SMILES string of the molecule is C#C[C@]1(c2cc(CC(=O)c3ccc(C#N)cn3)ccc2F)N=C(N)O[C@@H]2COC[C@@H]21. The Morgan fingerprint density at radius 3 is 2.90 bits per heavy atom. The number of Topliss-reactive ketones (excluding diaryl/α,β-unsaturated/α-hetero) is 1. The van der Waals surface area contributed by atoms with E-state index in [2.05, 4.69) is 15.9 Å². The number of carbonyl (C=O) groups is 1. The Hall–Kier alpha value is -3.75. The number of ketones is 1. The Bertz CT molecular complexity index is 1120. The molecule has 2 N–H and O–H groups in total. The van der Waals surface area contributed by atoms with Gasteiger partial charge in [-0.3, -0.25) is 9.78 Å². The van der Waals surface area contributed by atoms with Crippen LogP contribution in [-0.4, -0.2) is 36.1 Å². The highest BCUT2D eigenvalue weighted by Crippen LogP contribution is 2.43. The van der Waals surface area contributed by atoms with Crippen LogP contribution in [0.1, 0.15) is 27.2 Å². The summed E-state index contributed by atoms with van der Waals surface area (Å²) in [4.78, 5) is 20.9. The molecule has 0 aliphatic carbocycles. The highest BCUT2D eigenvalue weighted by atomic mass is 19.1. The monoisotopic (exact) mass is 404 g/mol. The molecular formula is C22H17FN4O3. The molecule has 3 heterocycles. The van der Waals surface area contributed by atoms with Crippen molar-refractivity contribution in [3.63, 3.8) is 0 Å². The van der Waals surface area contributed by atoms with E-state index in [1.165, 1.54) is 36.5 Å². The summed E-state index contributed by atoms with van der Waals surface area (Å²) in [7, 11) is 0. The number of pyridine rings is 1. The van der Waals surface area contributed by atoms with Crippen LogP contribution in [0.15, 0.2) is 41.5 Å². The lowest BCUT2D eigenvalue weighted by molar-refractivity contribution is 0.0939. The number of hydrogen-bond acceptors (Lipinski definition) is 7. The smallest absolute Gasteiger partial charge is 0.284 e. The third-order valence-corrected chi connectivity index (χ3v) is 5.33. The summed E-state index contributed by atoms with van der Waals surface area (Å²) in [5.41, 5.74) is 5.69. The average Bonchev–Trinajstić information content (AvgIpc) is 3.23. The number of rotatable bonds is 4. The van der Waals surface area contributed by atoms with Crippen molar-refractivity contribution < 1.29 is 18.7 Å². The number of benzene rings is 1. The van der Waals surface area contributed by atoms with E-state index in [4.69, 9.17) is 26.9 Å². The highest BCUT2D eigenvalue weighted by Gasteiger charge is 2.52. The predicted octanol–water partition coefficient (Wildman–Crippen LogP) is 1.71. The van der Waals surface area contributed by atoms with E-state index in [1.807, 2.05) is 6.07 Å². The first kappa shape index (κ1) is 19.6. The second kappa shape index (κ2) is 7.58. The van der Waals surface area contributed by atoms with E-state index in [-0.39, 0.29) is 42.7 Å². The minimum Gasteiger partial charge on any atom is -0.459 e. The van der Waals surface area contributed by atoms with Crippen molar-refractivity contribution in [2.45, 2.75) is 18.1 Å². The van der Waals surface area contributed by atoms with Gasteiger partial charge >= 0.3 is 0 Å². The largest absolute Gasteiger partial charge is 0.459 e. The maximum absolute atomic E-state index is 14.9. The van der Waals surface area contributed by atoms with E-state index in [9.17, 15) is 9.18 Å². The van der Waals surface area contributed by atoms with Crippen LogP contribution in [0.3, 0.4) is 0 Å². The number of terminal acetylenes is 1. The molecule has 0 bridgehead atoms. The molecule has 8 heteroatoms. The lowest BCUT2D eigenvalue weighted by atomic mass is 9.76. The molecule has 0 spiro atoms. The molecule has 0 unspecified atom stereocenters. The van der Waals surface area contributed by atoms with Crippen LogP contribution < -0.4 is 5.73 Å². The number of halogens is 1. The zero-order valence-electron chi connectivity index (χ0n) is 15.8. The third kappa shape index (κ3) is 3.28. The number of amidine groups is 1. The van der Waals surface area contributed by atoms with Gasteiger partial charge in [-0.1, -0.05) is 12.0 Å². The van der Waals surface area contributed by atoms with Crippen molar-refractivity contribution in [2.24, 2.45) is 16.6 Å². The van der Waals surface area contributed by atoms with Gasteiger partial charge in [0.2, 0.25) is 0 Å². The number of carbonyl (C=O) groups excluding carboxylic acids is 1. The Kier molecular flexibility index (Phi) is 4.94. The van der Waals surface area contributed by atoms with Crippen molar-refractivity contribution in [1.82, 2.24) is 4.98 Å². The van der Waals surface area contributed by atoms with Crippen LogP contribution in [0.25, 0.3) is 0 Å². The van der Waals surface area contributed by atoms with Gasteiger partial charge in [-0.2, -0.15) is 5.26 Å². The van der Waals surface area contributed by atoms with Crippen molar-refractivity contribution in [3.05, 3.63) is 64.7 Å². The first-order valence-electron chi connectivity index (χ1n) is 9.22. The third-order valence-electron chi connectivity index (χ3n) is 5.33. The first-order chi connectivity index (χ1) is 14.5. The summed E-state index contributed by atoms with van der Waals surface area (Å²) < 4.78 is 25.9. The van der Waals surface area contributed by atoms with Crippen LogP contribution in [0.5, 0.6) is 0 Å². The zero-order valence-corrected chi connectivity index (χ0v) is 15.8. The molecule has 7 nitrogen and oxygen atoms in total. The first-order valence-corrected chi connectivity index (χ1v) is 9.22. The second-order valence-corrected chi connectivity index (χ2v) is 7.12. The number of ether oxygens (including phenoxy) is 2. The average molecular weight is 404 g/mol. The Balaban J connectivity index is 1.69. The zero-order chi connectivity index (χ0) is 21.3. The molecular weight excluding hydrogens is 387 g/mol. The maximum Gasteiger partial charge on any atom is 0.284 e. The topological polar surface area (TPSA) is 111 Å². The van der Waals surface area contributed by atoms with E-state index in [0.717, 1.165) is 0 Å². The molecule has 0 saturated carbocycles. The standard InChI is InChI=1S/C22H17FN4O3/c1-2-22(16-11-29-12-20(16)30-21(25)27-22)15-7-13(3-5-17(15)23)8-19(28)18-6-4-14(9-24)10-26-18/h1,3-7,10,16,20H,8,11-12H2,(H2,25,27)/t16-,20+,22+/m0/s1. The quantitative estimate of drug-likeness (QED) is 0.614. The normalized spacial score (nSPS) is 24.7. The number of aliphatic imine (C=N–C) groups is 1. The van der Waals surface area contributed by atoms with Crippen molar-refractivity contribution in [2.75, 3.05) is 13.2 Å². The number of hydrogen-bond donors (Lipinski definition) is 1. The van der Waals surface area contributed by atoms with Gasteiger partial charge in [0.1, 0.15) is 23.7 Å². The number of nitriles is 1. The fraction of sp³-hybridized carbons (Fsp3) is 0.273. The summed E-state index contributed by atoms with van der Waals surface area (Å²) in [5.74, 6) is 1.37. The molecule has 2 aliphatic heterocycles. The van der Waals surface area contributed by atoms with Gasteiger partial charge in [-0.05, 0) is 29.8 Å². The van der Waals surface area contributed by atoms with Gasteiger partial charge in [0.25, 0.3) is 6.02 Å². The summed E-state index contributed by atoms with van der Waals surface area (Å²) in [6, 6.07) is 9.14. The van der Waals surface area contributed by atoms with Crippen LogP contribution in [-0.2, 0) is 21.4 Å². The molecule has 0 amide bonds. The summed E-state index contributed by atoms with van der Waals surface area (Å²) >= 11 is 0. The van der Waals surface area contributed by atoms with Crippen LogP contribution in [0.2, 0.25) is 0 Å². The van der Waals surface area contributed by atoms with E-state index < -0.39 is 23.4 Å². The molecule has 1 fully saturated rings. The highest BCUT2D eigenvalue weighted by molar-refractivity contribution is 5.95. The molecule has 0 radical (unpaired) electrons. The van der Waals surface area contributed by atoms with Crippen LogP contribution in [0.4, 0.5) is 4.39 Å². The molecule has 1 aromatic carbocycles. The van der Waals surface area contributed by atoms with Gasteiger partial charge in [0.05, 0.1) is 24.7 Å². The molecule has 3 atom stereocenters. The van der Waals surface area contributed by atoms with E-state index in [0.29, 0.717) is 11.1 Å². The minimum atomic E-state index is -1.39. The molecule has 1 saturated heterocycles. The van der Waals surface area contributed by atoms with Gasteiger partial charge < -0.3 is 15.2 Å². The van der Waals surface area contributed by atoms with Crippen molar-refractivity contribution in [3.8, 4) is 18.4 Å². The Labute approximate surface area is 172 Å². The van der Waals surface area contributed by atoms with Crippen LogP contribution in [0, 0.1) is 35.4 Å². The Morgan fingerprint density at radius 2 is 2.20 bits per heavy atom. The number of aromatic nitrogens is 1. The van der Waals surface area contributed by atoms with E-state index >= 15 is 0 Å². The molecule has 30 heavy (non-hydrogen) atoms.